The van der Waals surface area contributed by atoms with Crippen molar-refractivity contribution >= 4 is 69.0 Å². The molecule has 0 aliphatic heterocycles. The van der Waals surface area contributed by atoms with E-state index < -0.39 is 0 Å². The fraction of sp³-hybridized carbons (Fsp3) is 0.0909. The molecular formula is C44H38N4NiS4. The van der Waals surface area contributed by atoms with Gasteiger partial charge in [-0.05, 0) is 67.1 Å². The first-order valence-corrected chi connectivity index (χ1v) is 19.5. The van der Waals surface area contributed by atoms with E-state index in [-0.39, 0.29) is 16.5 Å². The fourth-order valence-corrected chi connectivity index (χ4v) is 6.51. The zero-order chi connectivity index (χ0) is 36.4. The Morgan fingerprint density at radius 3 is 1.00 bits per heavy atom. The maximum absolute atomic E-state index is 5.30. The van der Waals surface area contributed by atoms with Gasteiger partial charge < -0.3 is 25.3 Å². The van der Waals surface area contributed by atoms with Crippen LogP contribution in [-0.4, -0.2) is 20.2 Å². The molecule has 0 atom stereocenters. The zero-order valence-corrected chi connectivity index (χ0v) is 33.6. The van der Waals surface area contributed by atoms with Crippen LogP contribution in [0.5, 0.6) is 0 Å². The van der Waals surface area contributed by atoms with Gasteiger partial charge >= 0.3 is 16.5 Å². The molecule has 53 heavy (non-hydrogen) atoms. The molecule has 6 rings (SSSR count). The average Bonchev–Trinajstić information content (AvgIpc) is 3.22. The van der Waals surface area contributed by atoms with Gasteiger partial charge in [0.1, 0.15) is 0 Å². The molecule has 4 nitrogen and oxygen atoms in total. The number of rotatable bonds is 10. The van der Waals surface area contributed by atoms with Gasteiger partial charge in [0.2, 0.25) is 0 Å². The van der Waals surface area contributed by atoms with Crippen LogP contribution in [0.4, 0.5) is 0 Å². The van der Waals surface area contributed by atoms with Gasteiger partial charge in [-0.15, -0.1) is 23.5 Å². The summed E-state index contributed by atoms with van der Waals surface area (Å²) in [6.45, 7) is 3.90. The minimum atomic E-state index is 0. The molecule has 0 saturated carbocycles. The second-order valence-corrected chi connectivity index (χ2v) is 14.8. The molecule has 0 saturated heterocycles. The topological polar surface area (TPSA) is 49.4 Å². The summed E-state index contributed by atoms with van der Waals surface area (Å²) in [6.07, 6.45) is 0. The molecule has 6 aromatic carbocycles. The van der Waals surface area contributed by atoms with Gasteiger partial charge in [0.15, 0.2) is 0 Å². The van der Waals surface area contributed by atoms with Gasteiger partial charge in [0, 0.05) is 11.5 Å². The Balaban J connectivity index is 0.000000232. The van der Waals surface area contributed by atoms with Crippen LogP contribution in [0.15, 0.2) is 190 Å². The van der Waals surface area contributed by atoms with Crippen molar-refractivity contribution in [3.8, 4) is 22.3 Å². The van der Waals surface area contributed by atoms with Crippen LogP contribution < -0.4 is 0 Å². The molecule has 0 fully saturated rings. The summed E-state index contributed by atoms with van der Waals surface area (Å²) in [5, 5.41) is 16.9. The van der Waals surface area contributed by atoms with E-state index in [1.165, 1.54) is 56.9 Å². The fourth-order valence-electron chi connectivity index (χ4n) is 4.91. The van der Waals surface area contributed by atoms with Crippen LogP contribution in [-0.2, 0) is 53.3 Å². The van der Waals surface area contributed by atoms with E-state index in [4.69, 9.17) is 25.3 Å². The molecule has 0 unspecified atom stereocenters. The smallest absolute Gasteiger partial charge is 0.752 e. The number of nitrogens with zero attached hydrogens (tertiary/aromatic N) is 4. The molecule has 268 valence electrons. The van der Waals surface area contributed by atoms with E-state index in [1.54, 1.807) is 0 Å². The Bertz CT molecular complexity index is 1930. The van der Waals surface area contributed by atoms with E-state index in [0.29, 0.717) is 8.75 Å². The van der Waals surface area contributed by atoms with Crippen molar-refractivity contribution in [2.75, 3.05) is 0 Å². The van der Waals surface area contributed by atoms with E-state index >= 15 is 0 Å². The maximum Gasteiger partial charge on any atom is 2.00 e. The van der Waals surface area contributed by atoms with Crippen molar-refractivity contribution in [1.82, 2.24) is 0 Å². The normalized spacial score (nSPS) is 12.0. The number of hydrogen-bond acceptors (Lipinski definition) is 8. The van der Waals surface area contributed by atoms with Gasteiger partial charge in [-0.2, -0.15) is 20.4 Å². The second kappa shape index (κ2) is 22.6. The largest absolute Gasteiger partial charge is 2.00 e. The van der Waals surface area contributed by atoms with Crippen molar-refractivity contribution < 1.29 is 16.5 Å². The van der Waals surface area contributed by atoms with E-state index in [0.717, 1.165) is 34.1 Å². The first-order chi connectivity index (χ1) is 25.4. The van der Waals surface area contributed by atoms with Crippen LogP contribution in [0, 0.1) is 0 Å². The Kier molecular flexibility index (Phi) is 17.7. The van der Waals surface area contributed by atoms with Crippen molar-refractivity contribution in [2.24, 2.45) is 20.4 Å². The molecule has 0 aliphatic carbocycles. The zero-order valence-electron chi connectivity index (χ0n) is 29.3. The summed E-state index contributed by atoms with van der Waals surface area (Å²) in [5.74, 6) is 1.62. The molecule has 6 aromatic rings. The second-order valence-electron chi connectivity index (χ2n) is 11.5. The molecular weight excluding hydrogens is 771 g/mol. The van der Waals surface area contributed by atoms with E-state index in [1.807, 2.05) is 86.6 Å². The first-order valence-electron chi connectivity index (χ1n) is 16.7. The van der Waals surface area contributed by atoms with Crippen LogP contribution in [0.1, 0.15) is 36.1 Å². The standard InChI is InChI=1S/2C22H20N2S2.Ni/c2*1-17(23-24-22(25)26-16-18-8-4-2-5-9-18)19-12-14-21(15-13-19)20-10-6-3-7-11-20;/h2*2-15H,16H2,1H3,(H,24,25);/q;;+2/p-2/b2*23-17+;. The van der Waals surface area contributed by atoms with Crippen molar-refractivity contribution in [1.29, 1.82) is 0 Å². The minimum absolute atomic E-state index is 0. The molecule has 0 radical (unpaired) electrons. The molecule has 0 aliphatic rings. The van der Waals surface area contributed by atoms with Crippen LogP contribution in [0.2, 0.25) is 0 Å². The van der Waals surface area contributed by atoms with Gasteiger partial charge in [-0.25, -0.2) is 0 Å². The Labute approximate surface area is 343 Å². The summed E-state index contributed by atoms with van der Waals surface area (Å²) in [4.78, 5) is 0. The van der Waals surface area contributed by atoms with E-state index in [9.17, 15) is 0 Å². The van der Waals surface area contributed by atoms with Crippen LogP contribution >= 0.6 is 23.5 Å². The SMILES string of the molecule is C/C(=N\N=C(/[S-])SCc1ccccc1)c1ccc(-c2ccccc2)cc1.C/C(=N\N=C(/[S-])SCc1ccccc1)c1ccc(-c2ccccc2)cc1.[Ni+2]. The maximum atomic E-state index is 5.30. The third kappa shape index (κ3) is 14.2. The van der Waals surface area contributed by atoms with Gasteiger partial charge in [0.25, 0.3) is 0 Å². The molecule has 0 N–H and O–H groups in total. The third-order valence-electron chi connectivity index (χ3n) is 7.79. The molecule has 0 amide bonds. The quantitative estimate of drug-likeness (QED) is 0.0455. The first kappa shape index (κ1) is 41.4. The molecule has 0 heterocycles. The minimum Gasteiger partial charge on any atom is -0.752 e. The number of hydrogen-bond donors (Lipinski definition) is 0. The van der Waals surface area contributed by atoms with Gasteiger partial charge in [-0.1, -0.05) is 170 Å². The summed E-state index contributed by atoms with van der Waals surface area (Å²) >= 11 is 13.6. The van der Waals surface area contributed by atoms with Gasteiger partial charge in [0.05, 0.1) is 11.4 Å². The van der Waals surface area contributed by atoms with Crippen molar-refractivity contribution in [3.05, 3.63) is 192 Å². The summed E-state index contributed by atoms with van der Waals surface area (Å²) in [6, 6.07) is 57.8. The Morgan fingerprint density at radius 1 is 0.396 bits per heavy atom. The van der Waals surface area contributed by atoms with Crippen LogP contribution in [0.3, 0.4) is 0 Å². The predicted octanol–water partition coefficient (Wildman–Crippen LogP) is 11.8. The summed E-state index contributed by atoms with van der Waals surface area (Å²) < 4.78 is 1.10. The number of benzene rings is 6. The van der Waals surface area contributed by atoms with Crippen molar-refractivity contribution in [2.45, 2.75) is 25.4 Å². The Hall–Kier alpha value is -4.37. The van der Waals surface area contributed by atoms with Crippen LogP contribution in [0.25, 0.3) is 22.3 Å². The van der Waals surface area contributed by atoms with Gasteiger partial charge in [-0.3, -0.25) is 0 Å². The Morgan fingerprint density at radius 2 is 0.679 bits per heavy atom. The van der Waals surface area contributed by atoms with Crippen molar-refractivity contribution in [3.63, 3.8) is 0 Å². The molecule has 0 spiro atoms. The molecule has 0 aromatic heterocycles. The average molecular weight is 810 g/mol. The molecule has 9 heteroatoms. The monoisotopic (exact) mass is 808 g/mol. The molecule has 0 bridgehead atoms. The number of thioether (sulfide) groups is 2. The third-order valence-corrected chi connectivity index (χ3v) is 10.3. The summed E-state index contributed by atoms with van der Waals surface area (Å²) in [7, 11) is 0. The summed E-state index contributed by atoms with van der Waals surface area (Å²) in [5.41, 5.74) is 11.0. The van der Waals surface area contributed by atoms with E-state index in [2.05, 4.69) is 117 Å². The predicted molar refractivity (Wildman–Crippen MR) is 233 cm³/mol.